The van der Waals surface area contributed by atoms with E-state index in [1.165, 1.54) is 25.7 Å². The van der Waals surface area contributed by atoms with Crippen molar-refractivity contribution in [3.8, 4) is 5.75 Å². The number of ether oxygens (including phenoxy) is 1. The Hall–Kier alpha value is -1.11. The first-order valence-corrected chi connectivity index (χ1v) is 10.4. The van der Waals surface area contributed by atoms with E-state index >= 15 is 0 Å². The molecule has 132 valence electrons. The lowest BCUT2D eigenvalue weighted by Crippen LogP contribution is -2.53. The maximum atomic E-state index is 12.8. The SMILES string of the molecule is COc1ccc(S(=O)(=O)N2CCN([C@@H]3C[C@H]4CC[C@@H]3C4)CC2)cc1. The standard InChI is InChI=1S/C18H26N2O3S/c1-23-16-4-6-17(7-5-16)24(21,22)20-10-8-19(9-11-20)18-13-14-2-3-15(18)12-14/h4-7,14-15,18H,2-3,8-13H2,1H3/t14-,15+,18+/m0/s1. The Labute approximate surface area is 144 Å². The lowest BCUT2D eigenvalue weighted by atomic mass is 9.93. The number of fused-ring (bicyclic) bond motifs is 2. The van der Waals surface area contributed by atoms with Gasteiger partial charge in [0.2, 0.25) is 10.0 Å². The number of sulfonamides is 1. The molecular weight excluding hydrogens is 324 g/mol. The molecule has 1 aromatic rings. The van der Waals surface area contributed by atoms with Crippen LogP contribution >= 0.6 is 0 Å². The van der Waals surface area contributed by atoms with E-state index in [0.717, 1.165) is 24.9 Å². The minimum Gasteiger partial charge on any atom is -0.497 e. The maximum Gasteiger partial charge on any atom is 0.243 e. The molecule has 2 bridgehead atoms. The average Bonchev–Trinajstić information content (AvgIpc) is 3.25. The zero-order valence-corrected chi connectivity index (χ0v) is 15.0. The van der Waals surface area contributed by atoms with Crippen LogP contribution in [-0.4, -0.2) is 57.0 Å². The van der Waals surface area contributed by atoms with Crippen LogP contribution in [0.15, 0.2) is 29.2 Å². The summed E-state index contributed by atoms with van der Waals surface area (Å²) in [7, 11) is -1.81. The molecule has 6 heteroatoms. The highest BCUT2D eigenvalue weighted by Gasteiger charge is 2.43. The summed E-state index contributed by atoms with van der Waals surface area (Å²) in [5, 5.41) is 0. The van der Waals surface area contributed by atoms with Gasteiger partial charge in [0, 0.05) is 32.2 Å². The fraction of sp³-hybridized carbons (Fsp3) is 0.667. The molecule has 2 aliphatic carbocycles. The molecule has 3 aliphatic rings. The van der Waals surface area contributed by atoms with E-state index < -0.39 is 10.0 Å². The number of piperazine rings is 1. The van der Waals surface area contributed by atoms with Gasteiger partial charge in [0.1, 0.15) is 5.75 Å². The first kappa shape index (κ1) is 16.4. The topological polar surface area (TPSA) is 49.9 Å². The minimum atomic E-state index is -3.39. The zero-order chi connectivity index (χ0) is 16.7. The molecule has 0 radical (unpaired) electrons. The molecule has 0 amide bonds. The number of hydrogen-bond acceptors (Lipinski definition) is 4. The molecule has 0 N–H and O–H groups in total. The highest BCUT2D eigenvalue weighted by atomic mass is 32.2. The fourth-order valence-electron chi connectivity index (χ4n) is 4.83. The predicted octanol–water partition coefficient (Wildman–Crippen LogP) is 2.19. The summed E-state index contributed by atoms with van der Waals surface area (Å²) in [6.07, 6.45) is 5.51. The average molecular weight is 350 g/mol. The molecule has 2 saturated carbocycles. The van der Waals surface area contributed by atoms with Crippen LogP contribution in [0.1, 0.15) is 25.7 Å². The number of rotatable bonds is 4. The van der Waals surface area contributed by atoms with E-state index in [1.54, 1.807) is 35.7 Å². The molecule has 0 unspecified atom stereocenters. The van der Waals surface area contributed by atoms with Gasteiger partial charge in [-0.3, -0.25) is 4.90 Å². The molecule has 3 fully saturated rings. The Kier molecular flexibility index (Phi) is 4.31. The summed E-state index contributed by atoms with van der Waals surface area (Å²) in [4.78, 5) is 2.90. The Balaban J connectivity index is 1.41. The first-order chi connectivity index (χ1) is 11.6. The van der Waals surface area contributed by atoms with Gasteiger partial charge in [-0.2, -0.15) is 4.31 Å². The zero-order valence-electron chi connectivity index (χ0n) is 14.2. The highest BCUT2D eigenvalue weighted by molar-refractivity contribution is 7.89. The largest absolute Gasteiger partial charge is 0.497 e. The van der Waals surface area contributed by atoms with Crippen LogP contribution < -0.4 is 4.74 Å². The molecule has 0 spiro atoms. The summed E-state index contributed by atoms with van der Waals surface area (Å²) < 4.78 is 32.4. The van der Waals surface area contributed by atoms with E-state index in [0.29, 0.717) is 29.8 Å². The highest BCUT2D eigenvalue weighted by Crippen LogP contribution is 2.46. The molecule has 24 heavy (non-hydrogen) atoms. The Morgan fingerprint density at radius 3 is 2.25 bits per heavy atom. The van der Waals surface area contributed by atoms with Crippen molar-refractivity contribution in [2.24, 2.45) is 11.8 Å². The Morgan fingerprint density at radius 1 is 1.00 bits per heavy atom. The fourth-order valence-corrected chi connectivity index (χ4v) is 6.25. The van der Waals surface area contributed by atoms with Gasteiger partial charge in [-0.15, -0.1) is 0 Å². The minimum absolute atomic E-state index is 0.358. The van der Waals surface area contributed by atoms with Crippen molar-refractivity contribution in [3.63, 3.8) is 0 Å². The van der Waals surface area contributed by atoms with E-state index in [9.17, 15) is 8.42 Å². The van der Waals surface area contributed by atoms with E-state index in [2.05, 4.69) is 4.90 Å². The van der Waals surface area contributed by atoms with Crippen molar-refractivity contribution >= 4 is 10.0 Å². The van der Waals surface area contributed by atoms with Gasteiger partial charge in [-0.25, -0.2) is 8.42 Å². The molecule has 3 atom stereocenters. The molecule has 0 aromatic heterocycles. The second-order valence-electron chi connectivity index (χ2n) is 7.36. The third-order valence-corrected chi connectivity index (χ3v) is 8.05. The second kappa shape index (κ2) is 6.32. The number of nitrogens with zero attached hydrogens (tertiary/aromatic N) is 2. The van der Waals surface area contributed by atoms with Gasteiger partial charge >= 0.3 is 0 Å². The van der Waals surface area contributed by atoms with E-state index in [-0.39, 0.29) is 0 Å². The maximum absolute atomic E-state index is 12.8. The molecule has 5 nitrogen and oxygen atoms in total. The smallest absolute Gasteiger partial charge is 0.243 e. The molecule has 1 aromatic carbocycles. The molecule has 4 rings (SSSR count). The molecule has 1 heterocycles. The second-order valence-corrected chi connectivity index (χ2v) is 9.30. The van der Waals surface area contributed by atoms with Crippen LogP contribution in [0.25, 0.3) is 0 Å². The lowest BCUT2D eigenvalue weighted by molar-refractivity contribution is 0.101. The van der Waals surface area contributed by atoms with E-state index in [4.69, 9.17) is 4.74 Å². The predicted molar refractivity (Wildman–Crippen MR) is 92.6 cm³/mol. The van der Waals surface area contributed by atoms with Gasteiger partial charge in [-0.05, 0) is 55.4 Å². The lowest BCUT2D eigenvalue weighted by Gasteiger charge is -2.40. The Morgan fingerprint density at radius 2 is 1.71 bits per heavy atom. The summed E-state index contributed by atoms with van der Waals surface area (Å²) in [5.74, 6) is 2.47. The Bertz CT molecular complexity index is 681. The normalized spacial score (nSPS) is 31.5. The van der Waals surface area contributed by atoms with Crippen LogP contribution in [0.5, 0.6) is 5.75 Å². The van der Waals surface area contributed by atoms with Crippen LogP contribution in [0.3, 0.4) is 0 Å². The number of methoxy groups -OCH3 is 1. The van der Waals surface area contributed by atoms with Crippen molar-refractivity contribution in [3.05, 3.63) is 24.3 Å². The third kappa shape index (κ3) is 2.85. The molecule has 1 saturated heterocycles. The van der Waals surface area contributed by atoms with Crippen LogP contribution in [0.4, 0.5) is 0 Å². The van der Waals surface area contributed by atoms with Gasteiger partial charge in [0.25, 0.3) is 0 Å². The summed E-state index contributed by atoms with van der Waals surface area (Å²) in [5.41, 5.74) is 0. The van der Waals surface area contributed by atoms with Crippen molar-refractivity contribution in [2.75, 3.05) is 33.3 Å². The summed E-state index contributed by atoms with van der Waals surface area (Å²) in [6, 6.07) is 7.39. The van der Waals surface area contributed by atoms with Gasteiger partial charge < -0.3 is 4.74 Å². The summed E-state index contributed by atoms with van der Waals surface area (Å²) in [6.45, 7) is 2.93. The van der Waals surface area contributed by atoms with Crippen LogP contribution in [0, 0.1) is 11.8 Å². The summed E-state index contributed by atoms with van der Waals surface area (Å²) >= 11 is 0. The van der Waals surface area contributed by atoms with Gasteiger partial charge in [0.15, 0.2) is 0 Å². The van der Waals surface area contributed by atoms with Crippen molar-refractivity contribution in [2.45, 2.75) is 36.6 Å². The first-order valence-electron chi connectivity index (χ1n) is 8.96. The third-order valence-electron chi connectivity index (χ3n) is 6.14. The monoisotopic (exact) mass is 350 g/mol. The van der Waals surface area contributed by atoms with Gasteiger partial charge in [-0.1, -0.05) is 6.42 Å². The molecular formula is C18H26N2O3S. The van der Waals surface area contributed by atoms with Gasteiger partial charge in [0.05, 0.1) is 12.0 Å². The van der Waals surface area contributed by atoms with Crippen molar-refractivity contribution < 1.29 is 13.2 Å². The number of hydrogen-bond donors (Lipinski definition) is 0. The van der Waals surface area contributed by atoms with Crippen molar-refractivity contribution in [1.29, 1.82) is 0 Å². The quantitative estimate of drug-likeness (QED) is 0.835. The molecule has 1 aliphatic heterocycles. The van der Waals surface area contributed by atoms with Crippen molar-refractivity contribution in [1.82, 2.24) is 9.21 Å². The van der Waals surface area contributed by atoms with E-state index in [1.807, 2.05) is 0 Å². The van der Waals surface area contributed by atoms with Crippen LogP contribution in [-0.2, 0) is 10.0 Å². The number of benzene rings is 1. The van der Waals surface area contributed by atoms with Crippen LogP contribution in [0.2, 0.25) is 0 Å².